The van der Waals surface area contributed by atoms with Crippen LogP contribution in [0, 0.1) is 0 Å². The van der Waals surface area contributed by atoms with E-state index in [1.165, 1.54) is 77.0 Å². The molecule has 0 aliphatic heterocycles. The van der Waals surface area contributed by atoms with Gasteiger partial charge in [-0.3, -0.25) is 0 Å². The van der Waals surface area contributed by atoms with Gasteiger partial charge in [0.15, 0.2) is 0 Å². The normalized spacial score (nSPS) is 13.1. The average molecular weight is 259 g/mol. The molecule has 2 heteroatoms. The zero-order chi connectivity index (χ0) is 12.8. The van der Waals surface area contributed by atoms with Crippen LogP contribution in [0.3, 0.4) is 0 Å². The maximum atomic E-state index is 5.38. The van der Waals surface area contributed by atoms with Crippen LogP contribution in [0.5, 0.6) is 0 Å². The van der Waals surface area contributed by atoms with E-state index in [4.69, 9.17) is 4.43 Å². The summed E-state index contributed by atoms with van der Waals surface area (Å²) in [5, 5.41) is 0. The Hall–Kier alpha value is 0.177. The highest BCUT2D eigenvalue weighted by Gasteiger charge is 1.98. The van der Waals surface area contributed by atoms with Crippen LogP contribution in [-0.4, -0.2) is 16.6 Å². The first-order valence-electron chi connectivity index (χ1n) is 7.84. The third-order valence-corrected chi connectivity index (χ3v) is 4.42. The highest BCUT2D eigenvalue weighted by atomic mass is 28.2. The third-order valence-electron chi connectivity index (χ3n) is 3.62. The Labute approximate surface area is 112 Å². The van der Waals surface area contributed by atoms with E-state index in [0.29, 0.717) is 6.10 Å². The first kappa shape index (κ1) is 17.2. The summed E-state index contributed by atoms with van der Waals surface area (Å²) < 4.78 is 5.38. The first-order valence-corrected chi connectivity index (χ1v) is 8.65. The largest absolute Gasteiger partial charge is 0.425 e. The maximum absolute atomic E-state index is 5.38. The monoisotopic (exact) mass is 258 g/mol. The molecule has 0 spiro atoms. The highest BCUT2D eigenvalue weighted by molar-refractivity contribution is 5.98. The molecule has 17 heavy (non-hydrogen) atoms. The van der Waals surface area contributed by atoms with Gasteiger partial charge in [-0.05, 0) is 13.3 Å². The Bertz CT molecular complexity index is 139. The number of rotatable bonds is 13. The van der Waals surface area contributed by atoms with Crippen molar-refractivity contribution in [3.8, 4) is 0 Å². The van der Waals surface area contributed by atoms with Crippen LogP contribution < -0.4 is 0 Å². The molecular formula is C15H34OSi. The predicted molar refractivity (Wildman–Crippen MR) is 81.6 cm³/mol. The van der Waals surface area contributed by atoms with E-state index in [1.54, 1.807) is 0 Å². The summed E-state index contributed by atoms with van der Waals surface area (Å²) in [4.78, 5) is 0. The van der Waals surface area contributed by atoms with E-state index in [-0.39, 0.29) is 0 Å². The minimum absolute atomic E-state index is 0.514. The molecule has 0 heterocycles. The number of hydrogen-bond donors (Lipinski definition) is 0. The van der Waals surface area contributed by atoms with Gasteiger partial charge in [0.05, 0.1) is 0 Å². The van der Waals surface area contributed by atoms with Crippen molar-refractivity contribution in [2.75, 3.05) is 0 Å². The van der Waals surface area contributed by atoms with Gasteiger partial charge in [-0.15, -0.1) is 0 Å². The summed E-state index contributed by atoms with van der Waals surface area (Å²) >= 11 is 0. The molecule has 0 aromatic carbocycles. The molecule has 1 nitrogen and oxygen atoms in total. The summed E-state index contributed by atoms with van der Waals surface area (Å²) in [7, 11) is 0.894. The average Bonchev–Trinajstić information content (AvgIpc) is 2.35. The van der Waals surface area contributed by atoms with Gasteiger partial charge in [0.25, 0.3) is 0 Å². The lowest BCUT2D eigenvalue weighted by atomic mass is 10.0. The molecule has 0 aliphatic carbocycles. The van der Waals surface area contributed by atoms with Crippen molar-refractivity contribution in [3.05, 3.63) is 0 Å². The van der Waals surface area contributed by atoms with Gasteiger partial charge in [-0.25, -0.2) is 0 Å². The molecule has 0 aromatic rings. The lowest BCUT2D eigenvalue weighted by molar-refractivity contribution is 0.226. The summed E-state index contributed by atoms with van der Waals surface area (Å²) in [5.74, 6) is 0. The van der Waals surface area contributed by atoms with Crippen LogP contribution in [0.25, 0.3) is 0 Å². The predicted octanol–water partition coefficient (Wildman–Crippen LogP) is 4.37. The summed E-state index contributed by atoms with van der Waals surface area (Å²) in [6, 6.07) is 0. The molecule has 0 N–H and O–H groups in total. The summed E-state index contributed by atoms with van der Waals surface area (Å²) in [6.07, 6.45) is 17.5. The Morgan fingerprint density at radius 1 is 0.765 bits per heavy atom. The van der Waals surface area contributed by atoms with E-state index < -0.39 is 0 Å². The van der Waals surface area contributed by atoms with Crippen LogP contribution in [0.2, 0.25) is 0 Å². The minimum atomic E-state index is 0.514. The van der Waals surface area contributed by atoms with Crippen molar-refractivity contribution in [2.24, 2.45) is 0 Å². The van der Waals surface area contributed by atoms with Crippen molar-refractivity contribution in [1.82, 2.24) is 0 Å². The smallest absolute Gasteiger partial charge is 0.146 e. The maximum Gasteiger partial charge on any atom is 0.146 e. The van der Waals surface area contributed by atoms with Crippen molar-refractivity contribution in [3.63, 3.8) is 0 Å². The Kier molecular flexibility index (Phi) is 14.4. The summed E-state index contributed by atoms with van der Waals surface area (Å²) in [5.41, 5.74) is 0. The van der Waals surface area contributed by atoms with E-state index in [1.807, 2.05) is 0 Å². The Balaban J connectivity index is 2.94. The minimum Gasteiger partial charge on any atom is -0.425 e. The summed E-state index contributed by atoms with van der Waals surface area (Å²) in [6.45, 7) is 4.48. The fraction of sp³-hybridized carbons (Fsp3) is 1.00. The van der Waals surface area contributed by atoms with Crippen LogP contribution in [0.4, 0.5) is 0 Å². The fourth-order valence-electron chi connectivity index (χ4n) is 2.21. The molecule has 1 atom stereocenters. The lowest BCUT2D eigenvalue weighted by Crippen LogP contribution is -2.04. The van der Waals surface area contributed by atoms with Gasteiger partial charge >= 0.3 is 0 Å². The molecule has 1 unspecified atom stereocenters. The van der Waals surface area contributed by atoms with Crippen LogP contribution in [0.1, 0.15) is 90.9 Å². The molecule has 0 bridgehead atoms. The topological polar surface area (TPSA) is 9.23 Å². The zero-order valence-corrected chi connectivity index (χ0v) is 14.5. The molecule has 0 aliphatic rings. The standard InChI is InChI=1S/C15H34OSi/c1-3-4-5-6-7-8-9-10-11-12-13-14-15(2)16-17/h15H,3-14H2,1-2,17H3. The van der Waals surface area contributed by atoms with E-state index in [0.717, 1.165) is 10.5 Å². The third kappa shape index (κ3) is 14.1. The van der Waals surface area contributed by atoms with E-state index >= 15 is 0 Å². The van der Waals surface area contributed by atoms with Crippen LogP contribution in [-0.2, 0) is 4.43 Å². The molecule has 0 radical (unpaired) electrons. The second kappa shape index (κ2) is 14.2. The highest BCUT2D eigenvalue weighted by Crippen LogP contribution is 2.12. The Morgan fingerprint density at radius 3 is 1.59 bits per heavy atom. The second-order valence-electron chi connectivity index (χ2n) is 5.37. The van der Waals surface area contributed by atoms with E-state index in [2.05, 4.69) is 13.8 Å². The quantitative estimate of drug-likeness (QED) is 0.352. The second-order valence-corrected chi connectivity index (χ2v) is 5.84. The van der Waals surface area contributed by atoms with Gasteiger partial charge in [0.2, 0.25) is 0 Å². The van der Waals surface area contributed by atoms with Gasteiger partial charge in [-0.2, -0.15) is 0 Å². The van der Waals surface area contributed by atoms with Crippen molar-refractivity contribution in [2.45, 2.75) is 97.0 Å². The Morgan fingerprint density at radius 2 is 1.18 bits per heavy atom. The van der Waals surface area contributed by atoms with Crippen molar-refractivity contribution in [1.29, 1.82) is 0 Å². The SMILES string of the molecule is CCCCCCCCCCCCCC(C)O[SiH3]. The van der Waals surface area contributed by atoms with Crippen molar-refractivity contribution < 1.29 is 4.43 Å². The molecular weight excluding hydrogens is 224 g/mol. The fourth-order valence-corrected chi connectivity index (χ4v) is 2.45. The van der Waals surface area contributed by atoms with Gasteiger partial charge in [0.1, 0.15) is 10.5 Å². The molecule has 104 valence electrons. The van der Waals surface area contributed by atoms with E-state index in [9.17, 15) is 0 Å². The molecule has 0 fully saturated rings. The van der Waals surface area contributed by atoms with Gasteiger partial charge in [-0.1, -0.05) is 77.6 Å². The molecule has 0 amide bonds. The molecule has 0 rings (SSSR count). The lowest BCUT2D eigenvalue weighted by Gasteiger charge is -2.09. The van der Waals surface area contributed by atoms with Crippen LogP contribution in [0.15, 0.2) is 0 Å². The number of unbranched alkanes of at least 4 members (excludes halogenated alkanes) is 10. The van der Waals surface area contributed by atoms with Gasteiger partial charge in [0, 0.05) is 6.10 Å². The molecule has 0 saturated carbocycles. The van der Waals surface area contributed by atoms with Gasteiger partial charge < -0.3 is 4.43 Å². The first-order chi connectivity index (χ1) is 8.31. The van der Waals surface area contributed by atoms with Crippen LogP contribution >= 0.6 is 0 Å². The molecule has 0 saturated heterocycles. The molecule has 0 aromatic heterocycles. The van der Waals surface area contributed by atoms with Crippen molar-refractivity contribution >= 4 is 10.5 Å². The number of hydrogen-bond acceptors (Lipinski definition) is 1. The zero-order valence-electron chi connectivity index (χ0n) is 12.5.